The van der Waals surface area contributed by atoms with Crippen LogP contribution in [0.5, 0.6) is 0 Å². The minimum absolute atomic E-state index is 0.000671. The van der Waals surface area contributed by atoms with Gasteiger partial charge in [-0.25, -0.2) is 0 Å². The van der Waals surface area contributed by atoms with Crippen LogP contribution in [0.4, 0.5) is 0 Å². The van der Waals surface area contributed by atoms with Gasteiger partial charge in [-0.3, -0.25) is 0 Å². The van der Waals surface area contributed by atoms with E-state index in [0.29, 0.717) is 16.7 Å². The third-order valence-corrected chi connectivity index (χ3v) is 8.41. The minimum atomic E-state index is -0.390. The van der Waals surface area contributed by atoms with Crippen LogP contribution in [0.2, 0.25) is 0 Å². The Kier molecular flexibility index (Phi) is 3.90. The summed E-state index contributed by atoms with van der Waals surface area (Å²) in [4.78, 5) is 0. The monoisotopic (exact) mass is 518 g/mol. The molecule has 8 rings (SSSR count). The number of fused-ring (bicyclic) bond motifs is 4. The summed E-state index contributed by atoms with van der Waals surface area (Å²) in [6.45, 7) is 0. The molecule has 3 atom stereocenters. The number of benzene rings is 5. The normalized spacial score (nSPS) is 23.7. The first-order valence-electron chi connectivity index (χ1n) is 17.7. The van der Waals surface area contributed by atoms with Gasteiger partial charge in [-0.15, -0.1) is 0 Å². The molecule has 0 spiro atoms. The second-order valence-corrected chi connectivity index (χ2v) is 10.6. The van der Waals surface area contributed by atoms with Crippen LogP contribution in [0.1, 0.15) is 34.4 Å². The second kappa shape index (κ2) is 9.50. The third kappa shape index (κ3) is 3.75. The predicted molar refractivity (Wildman–Crippen MR) is 171 cm³/mol. The van der Waals surface area contributed by atoms with Gasteiger partial charge < -0.3 is 0 Å². The Balaban J connectivity index is 1.47. The third-order valence-electron chi connectivity index (χ3n) is 8.41. The number of hydrogen-bond donors (Lipinski definition) is 0. The fourth-order valence-electron chi connectivity index (χ4n) is 6.49. The van der Waals surface area contributed by atoms with Crippen LogP contribution in [0.3, 0.4) is 0 Å². The molecule has 0 aliphatic heterocycles. The summed E-state index contributed by atoms with van der Waals surface area (Å²) in [5, 5.41) is 3.39. The summed E-state index contributed by atoms with van der Waals surface area (Å²) < 4.78 is 71.7. The van der Waals surface area contributed by atoms with Gasteiger partial charge in [-0.2, -0.15) is 0 Å². The molecule has 0 fully saturated rings. The zero-order valence-corrected chi connectivity index (χ0v) is 21.8. The molecule has 3 aliphatic carbocycles. The van der Waals surface area contributed by atoms with Gasteiger partial charge in [0.1, 0.15) is 0 Å². The molecule has 190 valence electrons. The Hall–Kier alpha value is -4.68. The molecule has 0 aromatic heterocycles. The van der Waals surface area contributed by atoms with Crippen LogP contribution in [-0.2, 0) is 0 Å². The molecule has 3 unspecified atom stereocenters. The van der Waals surface area contributed by atoms with Gasteiger partial charge in [0.05, 0.1) is 11.0 Å². The van der Waals surface area contributed by atoms with Crippen LogP contribution in [0, 0.1) is 11.8 Å². The summed E-state index contributed by atoms with van der Waals surface area (Å²) in [6, 6.07) is 13.6. The summed E-state index contributed by atoms with van der Waals surface area (Å²) in [7, 11) is 0. The minimum Gasteiger partial charge on any atom is -0.0767 e. The molecule has 5 aromatic carbocycles. The first-order valence-corrected chi connectivity index (χ1v) is 13.7. The molecule has 3 aliphatic rings. The van der Waals surface area contributed by atoms with Crippen molar-refractivity contribution in [1.82, 2.24) is 0 Å². The predicted octanol–water partition coefficient (Wildman–Crippen LogP) is 8.72. The van der Waals surface area contributed by atoms with Crippen LogP contribution >= 0.6 is 0 Å². The van der Waals surface area contributed by atoms with Crippen molar-refractivity contribution in [3.05, 3.63) is 161 Å². The van der Waals surface area contributed by atoms with E-state index in [0.717, 1.165) is 17.6 Å². The molecule has 0 radical (unpaired) electrons. The zero-order chi connectivity index (χ0) is 33.4. The van der Waals surface area contributed by atoms with Crippen molar-refractivity contribution in [2.24, 2.45) is 11.8 Å². The molecule has 0 heteroatoms. The van der Waals surface area contributed by atoms with Gasteiger partial charge in [0.2, 0.25) is 0 Å². The van der Waals surface area contributed by atoms with E-state index in [9.17, 15) is 5.48 Å². The van der Waals surface area contributed by atoms with Gasteiger partial charge >= 0.3 is 0 Å². The summed E-state index contributed by atoms with van der Waals surface area (Å²) in [6.07, 6.45) is 19.2. The zero-order valence-electron chi connectivity index (χ0n) is 29.8. The number of rotatable bonds is 3. The Morgan fingerprint density at radius 3 is 1.98 bits per heavy atom. The van der Waals surface area contributed by atoms with Gasteiger partial charge in [0.15, 0.2) is 0 Å². The van der Waals surface area contributed by atoms with Gasteiger partial charge in [-0.1, -0.05) is 152 Å². The maximum atomic E-state index is 9.23. The van der Waals surface area contributed by atoms with Crippen molar-refractivity contribution in [2.75, 3.05) is 0 Å². The molecule has 40 heavy (non-hydrogen) atoms. The molecule has 0 amide bonds. The van der Waals surface area contributed by atoms with Gasteiger partial charge in [0, 0.05) is 17.8 Å². The molecular formula is C40H30. The van der Waals surface area contributed by atoms with Crippen LogP contribution in [-0.4, -0.2) is 0 Å². The Labute approximate surface area is 246 Å². The van der Waals surface area contributed by atoms with Crippen molar-refractivity contribution in [2.45, 2.75) is 12.3 Å². The fraction of sp³-hybridized carbons (Fsp3) is 0.100. The highest BCUT2D eigenvalue weighted by atomic mass is 14.3. The van der Waals surface area contributed by atoms with Crippen molar-refractivity contribution in [3.8, 4) is 11.1 Å². The first-order chi connectivity index (χ1) is 23.2. The Morgan fingerprint density at radius 1 is 0.625 bits per heavy atom. The lowest BCUT2D eigenvalue weighted by molar-refractivity contribution is 0.679. The highest BCUT2D eigenvalue weighted by Crippen LogP contribution is 2.46. The van der Waals surface area contributed by atoms with Gasteiger partial charge in [-0.05, 0) is 66.2 Å². The van der Waals surface area contributed by atoms with E-state index < -0.39 is 12.1 Å². The van der Waals surface area contributed by atoms with Crippen LogP contribution in [0.25, 0.3) is 50.4 Å². The lowest BCUT2D eigenvalue weighted by Gasteiger charge is -2.29. The average molecular weight is 519 g/mol. The molecule has 0 heterocycles. The highest BCUT2D eigenvalue weighted by molar-refractivity contribution is 6.19. The Morgan fingerprint density at radius 2 is 1.25 bits per heavy atom. The van der Waals surface area contributed by atoms with E-state index in [1.54, 1.807) is 0 Å². The van der Waals surface area contributed by atoms with E-state index in [1.807, 2.05) is 66.8 Å². The van der Waals surface area contributed by atoms with E-state index in [2.05, 4.69) is 36.4 Å². The Bertz CT molecular complexity index is 2390. The number of allylic oxidation sites excluding steroid dienone is 8. The van der Waals surface area contributed by atoms with Crippen molar-refractivity contribution in [3.63, 3.8) is 0 Å². The highest BCUT2D eigenvalue weighted by Gasteiger charge is 2.27. The second-order valence-electron chi connectivity index (χ2n) is 10.6. The van der Waals surface area contributed by atoms with E-state index >= 15 is 0 Å². The quantitative estimate of drug-likeness (QED) is 0.210. The van der Waals surface area contributed by atoms with Crippen molar-refractivity contribution in [1.29, 1.82) is 0 Å². The summed E-state index contributed by atoms with van der Waals surface area (Å²) >= 11 is 0. The molecule has 0 nitrogen and oxygen atoms in total. The molecule has 0 saturated heterocycles. The fourth-order valence-corrected chi connectivity index (χ4v) is 6.49. The standard InChI is InChI=1S/C40H30/c1-2-12-31-26-32(25-22-27(31)10-1)28-20-23-30(24-21-28)39-35-15-5-7-17-37(35)40(38-18-8-6-16-36(38)39)34-19-9-13-29-11-3-4-14-33(29)34/h1-24,26,29,32-33H,25H2/i5D,6D,7D,8D,15D,16D,17D,18D. The number of hydrogen-bond acceptors (Lipinski definition) is 0. The first kappa shape index (κ1) is 16.4. The average Bonchev–Trinajstić information content (AvgIpc) is 3.13. The molecular weight excluding hydrogens is 480 g/mol. The van der Waals surface area contributed by atoms with Gasteiger partial charge in [0.25, 0.3) is 0 Å². The largest absolute Gasteiger partial charge is 0.0767 e. The van der Waals surface area contributed by atoms with E-state index in [4.69, 9.17) is 5.48 Å². The van der Waals surface area contributed by atoms with Crippen molar-refractivity contribution >= 4 is 39.3 Å². The van der Waals surface area contributed by atoms with E-state index in [1.165, 1.54) is 10.4 Å². The van der Waals surface area contributed by atoms with Crippen LogP contribution < -0.4 is 10.4 Å². The maximum absolute atomic E-state index is 9.23. The summed E-state index contributed by atoms with van der Waals surface area (Å²) in [5.41, 5.74) is 3.25. The van der Waals surface area contributed by atoms with Crippen molar-refractivity contribution < 1.29 is 11.0 Å². The maximum Gasteiger partial charge on any atom is 0.0629 e. The molecule has 0 bridgehead atoms. The topological polar surface area (TPSA) is 0 Å². The SMILES string of the molecule is [2H]c1c([2H])c([2H])c2c(-c3ccc(C4C=c5ccccc5=CC4)cc3)c3c([2H])c([2H])c([2H])c([2H])c3c(C3=CC=CC4C=CC=CC34)c2c1[2H]. The van der Waals surface area contributed by atoms with Crippen LogP contribution in [0.15, 0.2) is 139 Å². The lowest BCUT2D eigenvalue weighted by Crippen LogP contribution is -2.27. The molecule has 0 N–H and O–H groups in total. The molecule has 5 aromatic rings. The lowest BCUT2D eigenvalue weighted by atomic mass is 9.74. The smallest absolute Gasteiger partial charge is 0.0629 e. The summed E-state index contributed by atoms with van der Waals surface area (Å²) in [5.74, 6) is -0.0300. The van der Waals surface area contributed by atoms with E-state index in [-0.39, 0.29) is 75.6 Å². The molecule has 0 saturated carbocycles.